The number of nitrogens with one attached hydrogen (secondary N) is 1. The van der Waals surface area contributed by atoms with Crippen LogP contribution >= 0.6 is 0 Å². The van der Waals surface area contributed by atoms with Crippen molar-refractivity contribution in [1.82, 2.24) is 14.7 Å². The van der Waals surface area contributed by atoms with Gasteiger partial charge in [-0.3, -0.25) is 14.3 Å². The predicted octanol–water partition coefficient (Wildman–Crippen LogP) is 2.52. The van der Waals surface area contributed by atoms with Gasteiger partial charge in [-0.05, 0) is 25.5 Å². The largest absolute Gasteiger partial charge is 0.339 e. The first kappa shape index (κ1) is 16.7. The Morgan fingerprint density at radius 2 is 2.00 bits per heavy atom. The molecule has 0 atom stereocenters. The molecule has 1 heterocycles. The molecule has 0 unspecified atom stereocenters. The number of aryl methyl sites for hydroxylation is 1. The van der Waals surface area contributed by atoms with Gasteiger partial charge < -0.3 is 10.2 Å². The molecule has 1 N–H and O–H groups in total. The maximum Gasteiger partial charge on any atom is 0.258 e. The minimum atomic E-state index is -0.206. The van der Waals surface area contributed by atoms with E-state index >= 15 is 0 Å². The van der Waals surface area contributed by atoms with Gasteiger partial charge in [-0.1, -0.05) is 18.2 Å². The molecule has 0 saturated carbocycles. The van der Waals surface area contributed by atoms with Crippen molar-refractivity contribution in [3.63, 3.8) is 0 Å². The van der Waals surface area contributed by atoms with Crippen LogP contribution in [-0.2, 0) is 17.9 Å². The van der Waals surface area contributed by atoms with Gasteiger partial charge in [0.15, 0.2) is 0 Å². The molecule has 122 valence electrons. The van der Waals surface area contributed by atoms with E-state index in [9.17, 15) is 9.59 Å². The lowest BCUT2D eigenvalue weighted by molar-refractivity contribution is -0.129. The highest BCUT2D eigenvalue weighted by molar-refractivity contribution is 6.04. The highest BCUT2D eigenvalue weighted by atomic mass is 16.2. The Kier molecular flexibility index (Phi) is 5.51. The van der Waals surface area contributed by atoms with Crippen LogP contribution in [0.1, 0.15) is 36.7 Å². The smallest absolute Gasteiger partial charge is 0.258 e. The van der Waals surface area contributed by atoms with E-state index in [1.807, 2.05) is 38.1 Å². The van der Waals surface area contributed by atoms with Gasteiger partial charge in [-0.25, -0.2) is 0 Å². The highest BCUT2D eigenvalue weighted by Gasteiger charge is 2.13. The lowest BCUT2D eigenvalue weighted by Gasteiger charge is -2.20. The zero-order valence-corrected chi connectivity index (χ0v) is 13.7. The summed E-state index contributed by atoms with van der Waals surface area (Å²) in [6, 6.07) is 7.51. The summed E-state index contributed by atoms with van der Waals surface area (Å²) in [6.07, 6.45) is 3.27. The van der Waals surface area contributed by atoms with E-state index in [2.05, 4.69) is 10.4 Å². The van der Waals surface area contributed by atoms with Crippen LogP contribution in [0.2, 0.25) is 0 Å². The van der Waals surface area contributed by atoms with Gasteiger partial charge in [-0.2, -0.15) is 5.10 Å². The zero-order chi connectivity index (χ0) is 16.8. The molecule has 1 aromatic carbocycles. The Labute approximate surface area is 136 Å². The molecular formula is C17H22N4O2. The third-order valence-corrected chi connectivity index (χ3v) is 3.67. The van der Waals surface area contributed by atoms with Crippen molar-refractivity contribution in [1.29, 1.82) is 0 Å². The fourth-order valence-electron chi connectivity index (χ4n) is 2.28. The molecule has 2 aromatic rings. The zero-order valence-electron chi connectivity index (χ0n) is 13.7. The van der Waals surface area contributed by atoms with Crippen molar-refractivity contribution < 1.29 is 9.59 Å². The predicted molar refractivity (Wildman–Crippen MR) is 89.1 cm³/mol. The fraction of sp³-hybridized carbons (Fsp3) is 0.353. The van der Waals surface area contributed by atoms with E-state index in [0.717, 1.165) is 5.56 Å². The SMILES string of the molecule is CCN(Cc1ccccc1NC(=O)c1cnn(CC)c1)C(C)=O. The van der Waals surface area contributed by atoms with Crippen molar-refractivity contribution in [2.45, 2.75) is 33.9 Å². The van der Waals surface area contributed by atoms with E-state index in [0.29, 0.717) is 30.9 Å². The maximum atomic E-state index is 12.3. The number of carbonyl (C=O) groups excluding carboxylic acids is 2. The number of nitrogens with zero attached hydrogens (tertiary/aromatic N) is 3. The molecular weight excluding hydrogens is 292 g/mol. The van der Waals surface area contributed by atoms with Crippen molar-refractivity contribution in [3.05, 3.63) is 47.8 Å². The normalized spacial score (nSPS) is 10.4. The van der Waals surface area contributed by atoms with Gasteiger partial charge in [-0.15, -0.1) is 0 Å². The first-order chi connectivity index (χ1) is 11.0. The van der Waals surface area contributed by atoms with Crippen LogP contribution < -0.4 is 5.32 Å². The van der Waals surface area contributed by atoms with Gasteiger partial charge in [0.25, 0.3) is 5.91 Å². The summed E-state index contributed by atoms with van der Waals surface area (Å²) in [6.45, 7) is 7.25. The Morgan fingerprint density at radius 1 is 1.26 bits per heavy atom. The van der Waals surface area contributed by atoms with E-state index in [1.54, 1.807) is 28.9 Å². The van der Waals surface area contributed by atoms with Crippen molar-refractivity contribution >= 4 is 17.5 Å². The number of hydrogen-bond donors (Lipinski definition) is 1. The van der Waals surface area contributed by atoms with E-state index < -0.39 is 0 Å². The average Bonchev–Trinajstić information content (AvgIpc) is 3.02. The molecule has 0 aliphatic heterocycles. The summed E-state index contributed by atoms with van der Waals surface area (Å²) in [4.78, 5) is 25.7. The average molecular weight is 314 g/mol. The fourth-order valence-corrected chi connectivity index (χ4v) is 2.28. The molecule has 6 heteroatoms. The Bertz CT molecular complexity index is 693. The summed E-state index contributed by atoms with van der Waals surface area (Å²) in [5.41, 5.74) is 2.13. The minimum absolute atomic E-state index is 0.0119. The Balaban J connectivity index is 2.16. The molecule has 0 spiro atoms. The third-order valence-electron chi connectivity index (χ3n) is 3.67. The number of hydrogen-bond acceptors (Lipinski definition) is 3. The van der Waals surface area contributed by atoms with Crippen molar-refractivity contribution in [2.24, 2.45) is 0 Å². The standard InChI is InChI=1S/C17H22N4O2/c1-4-20(13(3)22)11-14-8-6-7-9-16(14)19-17(23)15-10-18-21(5-2)12-15/h6-10,12H,4-5,11H2,1-3H3,(H,19,23). The number of amides is 2. The topological polar surface area (TPSA) is 67.2 Å². The molecule has 0 bridgehead atoms. The molecule has 0 aliphatic carbocycles. The summed E-state index contributed by atoms with van der Waals surface area (Å²) in [5.74, 6) is -0.194. The summed E-state index contributed by atoms with van der Waals surface area (Å²) >= 11 is 0. The molecule has 0 aliphatic rings. The van der Waals surface area contributed by atoms with Crippen LogP contribution in [0.4, 0.5) is 5.69 Å². The van der Waals surface area contributed by atoms with Crippen LogP contribution in [0, 0.1) is 0 Å². The quantitative estimate of drug-likeness (QED) is 0.891. The van der Waals surface area contributed by atoms with E-state index in [4.69, 9.17) is 0 Å². The highest BCUT2D eigenvalue weighted by Crippen LogP contribution is 2.18. The second-order valence-corrected chi connectivity index (χ2v) is 5.23. The van der Waals surface area contributed by atoms with Crippen LogP contribution in [0.25, 0.3) is 0 Å². The van der Waals surface area contributed by atoms with Crippen molar-refractivity contribution in [3.8, 4) is 0 Å². The number of anilines is 1. The Morgan fingerprint density at radius 3 is 2.61 bits per heavy atom. The van der Waals surface area contributed by atoms with E-state index in [-0.39, 0.29) is 11.8 Å². The van der Waals surface area contributed by atoms with Gasteiger partial charge >= 0.3 is 0 Å². The van der Waals surface area contributed by atoms with Crippen LogP contribution in [0.15, 0.2) is 36.7 Å². The van der Waals surface area contributed by atoms with Gasteiger partial charge in [0.1, 0.15) is 0 Å². The van der Waals surface area contributed by atoms with Crippen molar-refractivity contribution in [2.75, 3.05) is 11.9 Å². The summed E-state index contributed by atoms with van der Waals surface area (Å²) < 4.78 is 1.70. The maximum absolute atomic E-state index is 12.3. The first-order valence-electron chi connectivity index (χ1n) is 7.72. The van der Waals surface area contributed by atoms with E-state index in [1.165, 1.54) is 0 Å². The second kappa shape index (κ2) is 7.58. The monoisotopic (exact) mass is 314 g/mol. The van der Waals surface area contributed by atoms with Gasteiger partial charge in [0.2, 0.25) is 5.91 Å². The van der Waals surface area contributed by atoms with Gasteiger partial charge in [0.05, 0.1) is 11.8 Å². The second-order valence-electron chi connectivity index (χ2n) is 5.23. The molecule has 0 saturated heterocycles. The number of para-hydroxylation sites is 1. The lowest BCUT2D eigenvalue weighted by atomic mass is 10.1. The summed E-state index contributed by atoms with van der Waals surface area (Å²) in [5, 5.41) is 7.01. The van der Waals surface area contributed by atoms with Crippen LogP contribution in [0.5, 0.6) is 0 Å². The van der Waals surface area contributed by atoms with Crippen LogP contribution in [0.3, 0.4) is 0 Å². The molecule has 2 amide bonds. The molecule has 0 fully saturated rings. The molecule has 6 nitrogen and oxygen atoms in total. The number of carbonyl (C=O) groups is 2. The first-order valence-corrected chi connectivity index (χ1v) is 7.72. The molecule has 2 rings (SSSR count). The summed E-state index contributed by atoms with van der Waals surface area (Å²) in [7, 11) is 0. The Hall–Kier alpha value is -2.63. The molecule has 1 aromatic heterocycles. The minimum Gasteiger partial charge on any atom is -0.339 e. The molecule has 23 heavy (non-hydrogen) atoms. The molecule has 0 radical (unpaired) electrons. The lowest BCUT2D eigenvalue weighted by Crippen LogP contribution is -2.28. The number of benzene rings is 1. The number of rotatable bonds is 6. The van der Waals surface area contributed by atoms with Gasteiger partial charge in [0, 0.05) is 38.4 Å². The van der Waals surface area contributed by atoms with Crippen LogP contribution in [-0.4, -0.2) is 33.0 Å². The third kappa shape index (κ3) is 4.18. The number of aromatic nitrogens is 2.